The van der Waals surface area contributed by atoms with E-state index in [1.807, 2.05) is 30.9 Å². The molecule has 4 rings (SSSR count). The highest BCUT2D eigenvalue weighted by molar-refractivity contribution is 6.32. The van der Waals surface area contributed by atoms with Gasteiger partial charge in [-0.25, -0.2) is 19.2 Å². The van der Waals surface area contributed by atoms with Crippen LogP contribution in [-0.2, 0) is 6.61 Å². The monoisotopic (exact) mass is 514 g/mol. The van der Waals surface area contributed by atoms with Crippen molar-refractivity contribution in [1.82, 2.24) is 14.9 Å². The zero-order chi connectivity index (χ0) is 25.7. The molecule has 0 saturated carbocycles. The molecular formula is C26H28ClFN4O4. The van der Waals surface area contributed by atoms with Crippen LogP contribution >= 0.6 is 11.6 Å². The van der Waals surface area contributed by atoms with E-state index in [0.717, 1.165) is 24.2 Å². The minimum atomic E-state index is -1.11. The Morgan fingerprint density at radius 2 is 1.81 bits per heavy atom. The average Bonchev–Trinajstić information content (AvgIpc) is 2.87. The Balaban J connectivity index is 1.36. The molecule has 0 spiro atoms. The van der Waals surface area contributed by atoms with Crippen LogP contribution in [0.25, 0.3) is 0 Å². The van der Waals surface area contributed by atoms with Gasteiger partial charge in [0.1, 0.15) is 24.5 Å². The minimum absolute atomic E-state index is 0.00471. The summed E-state index contributed by atoms with van der Waals surface area (Å²) >= 11 is 6.23. The number of carbonyl (C=O) groups is 1. The van der Waals surface area contributed by atoms with Gasteiger partial charge in [0.15, 0.2) is 11.6 Å². The number of hydrogen-bond donors (Lipinski definition) is 1. The summed E-state index contributed by atoms with van der Waals surface area (Å²) in [7, 11) is 0. The van der Waals surface area contributed by atoms with Gasteiger partial charge in [0.2, 0.25) is 5.95 Å². The molecule has 190 valence electrons. The molecule has 1 aliphatic rings. The second kappa shape index (κ2) is 11.5. The zero-order valence-electron chi connectivity index (χ0n) is 20.2. The first-order chi connectivity index (χ1) is 17.3. The summed E-state index contributed by atoms with van der Waals surface area (Å²) in [5.41, 5.74) is 2.07. The number of rotatable bonds is 9. The zero-order valence-corrected chi connectivity index (χ0v) is 21.0. The molecular weight excluding hydrogens is 487 g/mol. The van der Waals surface area contributed by atoms with Gasteiger partial charge in [-0.2, -0.15) is 0 Å². The Morgan fingerprint density at radius 1 is 1.11 bits per heavy atom. The van der Waals surface area contributed by atoms with E-state index in [1.165, 1.54) is 12.3 Å². The summed E-state index contributed by atoms with van der Waals surface area (Å²) in [6, 6.07) is 9.98. The van der Waals surface area contributed by atoms with E-state index >= 15 is 0 Å². The minimum Gasteiger partial charge on any atom is -0.489 e. The van der Waals surface area contributed by atoms with Crippen molar-refractivity contribution in [2.24, 2.45) is 0 Å². The van der Waals surface area contributed by atoms with Crippen LogP contribution in [0.3, 0.4) is 0 Å². The Hall–Kier alpha value is -3.43. The highest BCUT2D eigenvalue weighted by Gasteiger charge is 2.22. The number of para-hydroxylation sites is 1. The van der Waals surface area contributed by atoms with E-state index in [1.54, 1.807) is 18.2 Å². The maximum Gasteiger partial charge on any atom is 0.339 e. The van der Waals surface area contributed by atoms with E-state index in [4.69, 9.17) is 21.1 Å². The summed E-state index contributed by atoms with van der Waals surface area (Å²) in [5, 5.41) is 10.3. The molecule has 0 bridgehead atoms. The quantitative estimate of drug-likeness (QED) is 0.450. The number of carboxylic acid groups (broad SMARTS) is 1. The number of hydrogen-bond acceptors (Lipinski definition) is 7. The molecule has 2 aromatic carbocycles. The Morgan fingerprint density at radius 3 is 2.47 bits per heavy atom. The van der Waals surface area contributed by atoms with E-state index < -0.39 is 5.97 Å². The third-order valence-electron chi connectivity index (χ3n) is 6.03. The molecule has 1 fully saturated rings. The Kier molecular flexibility index (Phi) is 8.22. The third kappa shape index (κ3) is 6.22. The first kappa shape index (κ1) is 25.7. The topological polar surface area (TPSA) is 88.0 Å². The number of aromatic carboxylic acids is 1. The molecule has 0 aliphatic carbocycles. The van der Waals surface area contributed by atoms with E-state index in [0.29, 0.717) is 48.7 Å². The van der Waals surface area contributed by atoms with Crippen molar-refractivity contribution in [3.05, 3.63) is 75.8 Å². The van der Waals surface area contributed by atoms with Crippen LogP contribution < -0.4 is 14.4 Å². The molecule has 1 aromatic heterocycles. The first-order valence-corrected chi connectivity index (χ1v) is 12.0. The molecule has 1 N–H and O–H groups in total. The fourth-order valence-electron chi connectivity index (χ4n) is 4.01. The predicted molar refractivity (Wildman–Crippen MR) is 135 cm³/mol. The lowest BCUT2D eigenvalue weighted by molar-refractivity contribution is 0.0692. The first-order valence-electron chi connectivity index (χ1n) is 11.6. The fraction of sp³-hybridized carbons (Fsp3) is 0.346. The molecule has 8 nitrogen and oxygen atoms in total. The normalized spacial score (nSPS) is 14.1. The molecule has 1 saturated heterocycles. The van der Waals surface area contributed by atoms with Gasteiger partial charge in [0.25, 0.3) is 0 Å². The van der Waals surface area contributed by atoms with E-state index in [-0.39, 0.29) is 23.7 Å². The van der Waals surface area contributed by atoms with Crippen LogP contribution in [0.4, 0.5) is 10.3 Å². The molecule has 0 atom stereocenters. The van der Waals surface area contributed by atoms with Crippen LogP contribution in [0.15, 0.2) is 42.6 Å². The molecule has 0 unspecified atom stereocenters. The van der Waals surface area contributed by atoms with Crippen molar-refractivity contribution in [1.29, 1.82) is 0 Å². The SMILES string of the molecule is Cc1cc(OCc2nc(N3CCN(CCOc4ccccc4F)CC3)ncc2C(=O)O)cc(C)c1Cl. The number of halogens is 2. The van der Waals surface area contributed by atoms with Gasteiger partial charge < -0.3 is 19.5 Å². The number of aromatic nitrogens is 2. The van der Waals surface area contributed by atoms with E-state index in [2.05, 4.69) is 14.9 Å². The number of anilines is 1. The Labute approximate surface area is 214 Å². The summed E-state index contributed by atoms with van der Waals surface area (Å²) in [5.74, 6) is -0.170. The summed E-state index contributed by atoms with van der Waals surface area (Å²) in [4.78, 5) is 24.8. The lowest BCUT2D eigenvalue weighted by Gasteiger charge is -2.34. The standard InChI is InChI=1S/C26H28ClFN4O4/c1-17-13-19(14-18(2)24(17)27)36-16-22-20(25(33)34)15-29-26(30-22)32-9-7-31(8-10-32)11-12-35-23-6-4-3-5-21(23)28/h3-6,13-15H,7-12,16H2,1-2H3,(H,33,34). The lowest BCUT2D eigenvalue weighted by Crippen LogP contribution is -2.48. The second-order valence-corrected chi connectivity index (χ2v) is 8.98. The number of aryl methyl sites for hydroxylation is 2. The molecule has 2 heterocycles. The second-order valence-electron chi connectivity index (χ2n) is 8.60. The maximum atomic E-state index is 13.7. The largest absolute Gasteiger partial charge is 0.489 e. The third-order valence-corrected chi connectivity index (χ3v) is 6.62. The van der Waals surface area contributed by atoms with E-state index in [9.17, 15) is 14.3 Å². The van der Waals surface area contributed by atoms with Gasteiger partial charge in [-0.3, -0.25) is 4.90 Å². The van der Waals surface area contributed by atoms with Crippen molar-refractivity contribution < 1.29 is 23.8 Å². The van der Waals surface area contributed by atoms with Crippen molar-refractivity contribution in [2.75, 3.05) is 44.2 Å². The van der Waals surface area contributed by atoms with Crippen LogP contribution in [0.1, 0.15) is 27.2 Å². The number of piperazine rings is 1. The predicted octanol–water partition coefficient (Wildman–Crippen LogP) is 4.36. The van der Waals surface area contributed by atoms with Gasteiger partial charge in [-0.1, -0.05) is 23.7 Å². The van der Waals surface area contributed by atoms with Crippen molar-refractivity contribution in [2.45, 2.75) is 20.5 Å². The van der Waals surface area contributed by atoms with Crippen LogP contribution in [0.5, 0.6) is 11.5 Å². The molecule has 10 heteroatoms. The fourth-order valence-corrected chi connectivity index (χ4v) is 4.12. The number of carboxylic acids is 1. The van der Waals surface area contributed by atoms with Crippen LogP contribution in [0.2, 0.25) is 5.02 Å². The van der Waals surface area contributed by atoms with Gasteiger partial charge in [-0.15, -0.1) is 0 Å². The van der Waals surface area contributed by atoms with Crippen LogP contribution in [-0.4, -0.2) is 65.3 Å². The maximum absolute atomic E-state index is 13.7. The van der Waals surface area contributed by atoms with Gasteiger partial charge in [-0.05, 0) is 49.2 Å². The molecule has 0 amide bonds. The van der Waals surface area contributed by atoms with Gasteiger partial charge >= 0.3 is 5.97 Å². The van der Waals surface area contributed by atoms with Crippen molar-refractivity contribution in [3.8, 4) is 11.5 Å². The molecule has 3 aromatic rings. The van der Waals surface area contributed by atoms with Gasteiger partial charge in [0.05, 0.1) is 5.69 Å². The molecule has 1 aliphatic heterocycles. The van der Waals surface area contributed by atoms with Gasteiger partial charge in [0, 0.05) is 43.9 Å². The average molecular weight is 515 g/mol. The summed E-state index contributed by atoms with van der Waals surface area (Å²) in [6.45, 7) is 7.66. The smallest absolute Gasteiger partial charge is 0.339 e. The highest BCUT2D eigenvalue weighted by Crippen LogP contribution is 2.27. The summed E-state index contributed by atoms with van der Waals surface area (Å²) in [6.07, 6.45) is 1.33. The summed E-state index contributed by atoms with van der Waals surface area (Å²) < 4.78 is 25.1. The molecule has 36 heavy (non-hydrogen) atoms. The number of nitrogens with zero attached hydrogens (tertiary/aromatic N) is 4. The van der Waals surface area contributed by atoms with Crippen molar-refractivity contribution >= 4 is 23.5 Å². The Bertz CT molecular complexity index is 1210. The van der Waals surface area contributed by atoms with Crippen LogP contribution in [0, 0.1) is 19.7 Å². The van der Waals surface area contributed by atoms with Crippen molar-refractivity contribution in [3.63, 3.8) is 0 Å². The number of ether oxygens (including phenoxy) is 2. The molecule has 0 radical (unpaired) electrons. The lowest BCUT2D eigenvalue weighted by atomic mass is 10.1. The highest BCUT2D eigenvalue weighted by atomic mass is 35.5. The number of benzene rings is 2.